The van der Waals surface area contributed by atoms with Crippen LogP contribution in [0, 0.1) is 0 Å². The minimum atomic E-state index is -0.735. The summed E-state index contributed by atoms with van der Waals surface area (Å²) in [6.07, 6.45) is 0.860. The summed E-state index contributed by atoms with van der Waals surface area (Å²) in [5, 5.41) is 19.1. The summed E-state index contributed by atoms with van der Waals surface area (Å²) in [5.74, 6) is 0.669. The van der Waals surface area contributed by atoms with Crippen LogP contribution < -0.4 is 10.1 Å². The van der Waals surface area contributed by atoms with Crippen molar-refractivity contribution in [3.05, 3.63) is 29.8 Å². The van der Waals surface area contributed by atoms with Crippen LogP contribution in [-0.4, -0.2) is 56.9 Å². The number of carbonyl (C=O) groups excluding carboxylic acids is 1. The number of para-hydroxylation sites is 1. The van der Waals surface area contributed by atoms with Crippen LogP contribution in [-0.2, 0) is 0 Å². The molecule has 1 aliphatic heterocycles. The summed E-state index contributed by atoms with van der Waals surface area (Å²) in [4.78, 5) is 11.8. The van der Waals surface area contributed by atoms with Crippen LogP contribution in [0.15, 0.2) is 29.4 Å². The molecule has 1 aromatic rings. The highest BCUT2D eigenvalue weighted by Crippen LogP contribution is 2.42. The fourth-order valence-corrected chi connectivity index (χ4v) is 4.14. The number of hydrogen-bond acceptors (Lipinski definition) is 6. The van der Waals surface area contributed by atoms with Gasteiger partial charge in [0.2, 0.25) is 0 Å². The zero-order valence-electron chi connectivity index (χ0n) is 13.9. The fourth-order valence-electron chi connectivity index (χ4n) is 2.35. The number of nitrogens with one attached hydrogen (secondary N) is 1. The lowest BCUT2D eigenvalue weighted by Gasteiger charge is -2.33. The number of carbonyl (C=O) groups is 1. The SMILES string of the molecule is CNC(=O)N(O)[C@H]1N(/N=C\c2ccccc2OC)C(=S)SC1(C)C. The largest absolute Gasteiger partial charge is 0.496 e. The Hall–Kier alpha value is -1.84. The van der Waals surface area contributed by atoms with Crippen molar-refractivity contribution < 1.29 is 14.7 Å². The fraction of sp³-hybridized carbons (Fsp3) is 0.400. The van der Waals surface area contributed by atoms with Crippen molar-refractivity contribution in [2.75, 3.05) is 14.2 Å². The molecule has 1 saturated heterocycles. The number of rotatable bonds is 4. The normalized spacial score (nSPS) is 19.6. The number of ether oxygens (including phenoxy) is 1. The second-order valence-electron chi connectivity index (χ2n) is 5.58. The van der Waals surface area contributed by atoms with Gasteiger partial charge in [-0.05, 0) is 26.0 Å². The molecule has 2 amide bonds. The minimum absolute atomic E-state index is 0.471. The monoisotopic (exact) mass is 368 g/mol. The highest BCUT2D eigenvalue weighted by molar-refractivity contribution is 8.24. The van der Waals surface area contributed by atoms with Gasteiger partial charge in [0.25, 0.3) is 0 Å². The highest BCUT2D eigenvalue weighted by Gasteiger charge is 2.49. The topological polar surface area (TPSA) is 77.4 Å². The molecule has 1 heterocycles. The molecule has 9 heteroatoms. The first kappa shape index (κ1) is 18.5. The molecule has 1 atom stereocenters. The van der Waals surface area contributed by atoms with Crippen LogP contribution >= 0.6 is 24.0 Å². The van der Waals surface area contributed by atoms with E-state index >= 15 is 0 Å². The number of amides is 2. The van der Waals surface area contributed by atoms with Crippen molar-refractivity contribution in [2.24, 2.45) is 5.10 Å². The maximum absolute atomic E-state index is 11.8. The average molecular weight is 368 g/mol. The minimum Gasteiger partial charge on any atom is -0.496 e. The molecule has 2 rings (SSSR count). The van der Waals surface area contributed by atoms with E-state index < -0.39 is 16.9 Å². The zero-order valence-corrected chi connectivity index (χ0v) is 15.5. The van der Waals surface area contributed by atoms with Gasteiger partial charge in [-0.2, -0.15) is 10.2 Å². The van der Waals surface area contributed by atoms with Gasteiger partial charge in [0.15, 0.2) is 10.5 Å². The van der Waals surface area contributed by atoms with Crippen LogP contribution in [0.4, 0.5) is 4.79 Å². The number of urea groups is 1. The molecular weight excluding hydrogens is 348 g/mol. The predicted octanol–water partition coefficient (Wildman–Crippen LogP) is 2.50. The Balaban J connectivity index is 2.33. The number of methoxy groups -OCH3 is 1. The maximum atomic E-state index is 11.8. The van der Waals surface area contributed by atoms with Crippen LogP contribution in [0.25, 0.3) is 0 Å². The van der Waals surface area contributed by atoms with E-state index in [-0.39, 0.29) is 0 Å². The summed E-state index contributed by atoms with van der Waals surface area (Å²) in [6.45, 7) is 3.78. The lowest BCUT2D eigenvalue weighted by molar-refractivity contribution is -0.117. The molecule has 0 saturated carbocycles. The summed E-state index contributed by atoms with van der Waals surface area (Å²) >= 11 is 6.73. The highest BCUT2D eigenvalue weighted by atomic mass is 32.2. The van der Waals surface area contributed by atoms with Crippen LogP contribution in [0.2, 0.25) is 0 Å². The smallest absolute Gasteiger partial charge is 0.343 e. The van der Waals surface area contributed by atoms with Gasteiger partial charge in [-0.25, -0.2) is 9.80 Å². The van der Waals surface area contributed by atoms with Crippen molar-refractivity contribution in [1.29, 1.82) is 0 Å². The molecule has 0 bridgehead atoms. The maximum Gasteiger partial charge on any atom is 0.343 e. The van der Waals surface area contributed by atoms with E-state index in [1.54, 1.807) is 13.3 Å². The van der Waals surface area contributed by atoms with Crippen molar-refractivity contribution in [3.63, 3.8) is 0 Å². The number of hydrogen-bond donors (Lipinski definition) is 2. The predicted molar refractivity (Wildman–Crippen MR) is 98.6 cm³/mol. The number of benzene rings is 1. The van der Waals surface area contributed by atoms with Gasteiger partial charge >= 0.3 is 6.03 Å². The molecule has 1 aliphatic rings. The van der Waals surface area contributed by atoms with Gasteiger partial charge in [0.05, 0.1) is 18.1 Å². The Morgan fingerprint density at radius 2 is 2.21 bits per heavy atom. The van der Waals surface area contributed by atoms with Gasteiger partial charge in [0.1, 0.15) is 5.75 Å². The van der Waals surface area contributed by atoms with E-state index in [0.717, 1.165) is 5.56 Å². The second-order valence-corrected chi connectivity index (χ2v) is 7.86. The van der Waals surface area contributed by atoms with E-state index in [0.29, 0.717) is 15.1 Å². The molecule has 0 aromatic heterocycles. The molecular formula is C15H20N4O3S2. The third kappa shape index (κ3) is 3.63. The Bertz CT molecular complexity index is 666. The van der Waals surface area contributed by atoms with Crippen molar-refractivity contribution in [1.82, 2.24) is 15.4 Å². The average Bonchev–Trinajstić information content (AvgIpc) is 2.79. The van der Waals surface area contributed by atoms with Gasteiger partial charge in [-0.15, -0.1) is 0 Å². The summed E-state index contributed by atoms with van der Waals surface area (Å²) < 4.78 is 5.23. The van der Waals surface area contributed by atoms with Gasteiger partial charge in [0, 0.05) is 12.6 Å². The lowest BCUT2D eigenvalue weighted by atomic mass is 10.1. The molecule has 0 aliphatic carbocycles. The lowest BCUT2D eigenvalue weighted by Crippen LogP contribution is -2.55. The second kappa shape index (κ2) is 7.37. The molecule has 0 spiro atoms. The standard InChI is InChI=1S/C15H20N4O3S2/c1-15(2)12(19(21)13(20)16-3)18(14(23)24-15)17-9-10-7-5-6-8-11(10)22-4/h5-9,12,21H,1-4H3,(H,16,20)/b17-9-/t12-/m1/s1. The first-order valence-corrected chi connectivity index (χ1v) is 8.43. The number of hydroxylamine groups is 2. The summed E-state index contributed by atoms with van der Waals surface area (Å²) in [6, 6.07) is 6.77. The molecule has 130 valence electrons. The Kier molecular flexibility index (Phi) is 5.68. The third-order valence-corrected chi connectivity index (χ3v) is 5.04. The van der Waals surface area contributed by atoms with E-state index in [4.69, 9.17) is 17.0 Å². The molecule has 1 aromatic carbocycles. The van der Waals surface area contributed by atoms with Crippen molar-refractivity contribution in [3.8, 4) is 5.75 Å². The van der Waals surface area contributed by atoms with Crippen LogP contribution in [0.1, 0.15) is 19.4 Å². The van der Waals surface area contributed by atoms with Crippen LogP contribution in [0.5, 0.6) is 5.75 Å². The number of hydrazone groups is 1. The molecule has 7 nitrogen and oxygen atoms in total. The Morgan fingerprint density at radius 1 is 1.54 bits per heavy atom. The molecule has 2 N–H and O–H groups in total. The first-order valence-electron chi connectivity index (χ1n) is 7.21. The van der Waals surface area contributed by atoms with E-state index in [9.17, 15) is 10.0 Å². The van der Waals surface area contributed by atoms with Gasteiger partial charge in [-0.1, -0.05) is 36.1 Å². The Morgan fingerprint density at radius 3 is 2.83 bits per heavy atom. The zero-order chi connectivity index (χ0) is 17.9. The van der Waals surface area contributed by atoms with E-state index in [1.165, 1.54) is 23.8 Å². The van der Waals surface area contributed by atoms with Gasteiger partial charge in [-0.3, -0.25) is 5.21 Å². The Labute approximate surface area is 150 Å². The molecule has 1 fully saturated rings. The van der Waals surface area contributed by atoms with E-state index in [1.807, 2.05) is 38.1 Å². The van der Waals surface area contributed by atoms with E-state index in [2.05, 4.69) is 10.4 Å². The van der Waals surface area contributed by atoms with Crippen molar-refractivity contribution >= 4 is 40.5 Å². The third-order valence-electron chi connectivity index (χ3n) is 3.50. The summed E-state index contributed by atoms with van der Waals surface area (Å²) in [7, 11) is 3.03. The number of nitrogens with zero attached hydrogens (tertiary/aromatic N) is 3. The molecule has 24 heavy (non-hydrogen) atoms. The number of thioether (sulfide) groups is 1. The quantitative estimate of drug-likeness (QED) is 0.368. The first-order chi connectivity index (χ1) is 11.3. The van der Waals surface area contributed by atoms with Crippen molar-refractivity contribution in [2.45, 2.75) is 24.8 Å². The summed E-state index contributed by atoms with van der Waals surface area (Å²) in [5.41, 5.74) is 0.765. The molecule has 0 unspecified atom stereocenters. The van der Waals surface area contributed by atoms with Gasteiger partial charge < -0.3 is 10.1 Å². The van der Waals surface area contributed by atoms with Crippen LogP contribution in [0.3, 0.4) is 0 Å². The number of thiocarbonyl (C=S) groups is 1. The molecule has 0 radical (unpaired) electrons.